The third-order valence-corrected chi connectivity index (χ3v) is 3.82. The normalized spacial score (nSPS) is 14.5. The third kappa shape index (κ3) is 7.29. The highest BCUT2D eigenvalue weighted by atomic mass is 16.3. The quantitative estimate of drug-likeness (QED) is 0.347. The number of amides is 3. The lowest BCUT2D eigenvalue weighted by Gasteiger charge is -2.26. The molecule has 1 aromatic heterocycles. The fourth-order valence-corrected chi connectivity index (χ4v) is 2.50. The van der Waals surface area contributed by atoms with E-state index < -0.39 is 42.5 Å². The van der Waals surface area contributed by atoms with Crippen LogP contribution in [0.3, 0.4) is 0 Å². The highest BCUT2D eigenvalue weighted by molar-refractivity contribution is 5.91. The molecular weight excluding hydrogens is 354 g/mol. The maximum Gasteiger partial charge on any atom is 0.245 e. The lowest BCUT2D eigenvalue weighted by atomic mass is 10.00. The minimum atomic E-state index is -1.12. The number of aromatic nitrogens is 4. The summed E-state index contributed by atoms with van der Waals surface area (Å²) in [6.07, 6.45) is 0.382. The first-order chi connectivity index (χ1) is 12.6. The third-order valence-electron chi connectivity index (χ3n) is 3.82. The van der Waals surface area contributed by atoms with E-state index in [0.717, 1.165) is 0 Å². The molecular formula is C16H29N7O4. The van der Waals surface area contributed by atoms with Gasteiger partial charge in [0.25, 0.3) is 0 Å². The zero-order valence-electron chi connectivity index (χ0n) is 16.3. The molecule has 0 aromatic carbocycles. The van der Waals surface area contributed by atoms with Gasteiger partial charge in [0.1, 0.15) is 12.1 Å². The molecule has 1 aromatic rings. The number of carbonyl (C=O) groups excluding carboxylic acids is 3. The van der Waals surface area contributed by atoms with Gasteiger partial charge in [0.05, 0.1) is 12.6 Å². The molecule has 27 heavy (non-hydrogen) atoms. The molecule has 0 saturated heterocycles. The van der Waals surface area contributed by atoms with Gasteiger partial charge >= 0.3 is 0 Å². The van der Waals surface area contributed by atoms with Crippen molar-refractivity contribution in [1.29, 1.82) is 0 Å². The molecule has 0 radical (unpaired) electrons. The van der Waals surface area contributed by atoms with Gasteiger partial charge in [0, 0.05) is 6.92 Å². The molecule has 152 valence electrons. The number of H-pyrrole nitrogens is 1. The molecule has 3 atom stereocenters. The molecule has 1 heterocycles. The van der Waals surface area contributed by atoms with Crippen LogP contribution in [-0.4, -0.2) is 62.1 Å². The van der Waals surface area contributed by atoms with Crippen molar-refractivity contribution in [3.05, 3.63) is 5.82 Å². The lowest BCUT2D eigenvalue weighted by molar-refractivity contribution is -0.133. The molecule has 0 spiro atoms. The van der Waals surface area contributed by atoms with Gasteiger partial charge in [0.2, 0.25) is 17.7 Å². The van der Waals surface area contributed by atoms with Crippen LogP contribution in [0.4, 0.5) is 0 Å². The Labute approximate surface area is 158 Å². The first-order valence-corrected chi connectivity index (χ1v) is 8.87. The average Bonchev–Trinajstić information content (AvgIpc) is 3.09. The second-order valence-electron chi connectivity index (χ2n) is 7.13. The molecule has 11 heteroatoms. The summed E-state index contributed by atoms with van der Waals surface area (Å²) in [6, 6.07) is -2.44. The summed E-state index contributed by atoms with van der Waals surface area (Å²) >= 11 is 0. The van der Waals surface area contributed by atoms with E-state index >= 15 is 0 Å². The number of tetrazole rings is 1. The first kappa shape index (κ1) is 22.5. The maximum absolute atomic E-state index is 12.8. The second-order valence-corrected chi connectivity index (χ2v) is 7.13. The topological polar surface area (TPSA) is 162 Å². The van der Waals surface area contributed by atoms with E-state index in [4.69, 9.17) is 0 Å². The van der Waals surface area contributed by atoms with Gasteiger partial charge in [-0.1, -0.05) is 32.9 Å². The largest absolute Gasteiger partial charge is 0.394 e. The summed E-state index contributed by atoms with van der Waals surface area (Å²) in [6.45, 7) is 8.31. The van der Waals surface area contributed by atoms with Gasteiger partial charge in [0.15, 0.2) is 5.82 Å². The minimum absolute atomic E-state index is 0.00785. The van der Waals surface area contributed by atoms with Gasteiger partial charge in [-0.05, 0) is 18.3 Å². The molecule has 3 amide bonds. The molecule has 0 aliphatic rings. The number of nitrogens with zero attached hydrogens (tertiary/aromatic N) is 3. The van der Waals surface area contributed by atoms with Crippen molar-refractivity contribution in [2.45, 2.75) is 59.2 Å². The van der Waals surface area contributed by atoms with E-state index in [9.17, 15) is 19.5 Å². The van der Waals surface area contributed by atoms with E-state index in [1.54, 1.807) is 0 Å². The number of aliphatic hydroxyl groups is 1. The monoisotopic (exact) mass is 383 g/mol. The Bertz CT molecular complexity index is 618. The molecule has 0 fully saturated rings. The van der Waals surface area contributed by atoms with Crippen molar-refractivity contribution < 1.29 is 19.5 Å². The molecule has 1 rings (SSSR count). The smallest absolute Gasteiger partial charge is 0.245 e. The number of hydrogen-bond acceptors (Lipinski definition) is 7. The van der Waals surface area contributed by atoms with Gasteiger partial charge < -0.3 is 21.1 Å². The molecule has 0 saturated carbocycles. The number of carbonyl (C=O) groups is 3. The molecule has 11 nitrogen and oxygen atoms in total. The molecule has 5 N–H and O–H groups in total. The van der Waals surface area contributed by atoms with Crippen LogP contribution in [0.25, 0.3) is 0 Å². The van der Waals surface area contributed by atoms with Crippen LogP contribution >= 0.6 is 0 Å². The number of nitrogens with one attached hydrogen (secondary N) is 4. The number of rotatable bonds is 10. The van der Waals surface area contributed by atoms with Crippen LogP contribution in [0.1, 0.15) is 52.9 Å². The number of aliphatic hydroxyl groups excluding tert-OH is 1. The van der Waals surface area contributed by atoms with E-state index in [1.165, 1.54) is 6.92 Å². The van der Waals surface area contributed by atoms with Gasteiger partial charge in [-0.2, -0.15) is 5.21 Å². The Morgan fingerprint density at radius 1 is 1.04 bits per heavy atom. The van der Waals surface area contributed by atoms with Crippen LogP contribution in [0, 0.1) is 11.8 Å². The molecule has 0 aliphatic heterocycles. The Morgan fingerprint density at radius 3 is 2.11 bits per heavy atom. The van der Waals surface area contributed by atoms with Crippen molar-refractivity contribution in [2.24, 2.45) is 11.8 Å². The zero-order valence-corrected chi connectivity index (χ0v) is 16.3. The SMILES string of the molecule is CC(=O)N[C@@H](CO)C(=O)N[C@@H](CC(C)C)C(=O)N[C@H](c1nn[nH]n1)C(C)C. The maximum atomic E-state index is 12.8. The van der Waals surface area contributed by atoms with Crippen molar-refractivity contribution >= 4 is 17.7 Å². The van der Waals surface area contributed by atoms with E-state index in [1.807, 2.05) is 27.7 Å². The fraction of sp³-hybridized carbons (Fsp3) is 0.750. The van der Waals surface area contributed by atoms with Crippen molar-refractivity contribution in [3.63, 3.8) is 0 Å². The molecule has 0 aliphatic carbocycles. The number of hydrogen-bond donors (Lipinski definition) is 5. The summed E-state index contributed by atoms with van der Waals surface area (Å²) in [5.41, 5.74) is 0. The van der Waals surface area contributed by atoms with E-state index in [-0.39, 0.29) is 11.8 Å². The summed E-state index contributed by atoms with van der Waals surface area (Å²) in [5, 5.41) is 30.8. The Morgan fingerprint density at radius 2 is 1.67 bits per heavy atom. The minimum Gasteiger partial charge on any atom is -0.394 e. The van der Waals surface area contributed by atoms with E-state index in [2.05, 4.69) is 36.6 Å². The van der Waals surface area contributed by atoms with Gasteiger partial charge in [-0.3, -0.25) is 14.4 Å². The highest BCUT2D eigenvalue weighted by Gasteiger charge is 2.30. The van der Waals surface area contributed by atoms with Crippen molar-refractivity contribution in [2.75, 3.05) is 6.61 Å². The summed E-state index contributed by atoms with van der Waals surface area (Å²) < 4.78 is 0. The van der Waals surface area contributed by atoms with Crippen molar-refractivity contribution in [1.82, 2.24) is 36.6 Å². The molecule has 0 unspecified atom stereocenters. The Balaban J connectivity index is 2.89. The van der Waals surface area contributed by atoms with Crippen LogP contribution in [0.15, 0.2) is 0 Å². The first-order valence-electron chi connectivity index (χ1n) is 8.87. The van der Waals surface area contributed by atoms with Crippen LogP contribution in [0.2, 0.25) is 0 Å². The fourth-order valence-electron chi connectivity index (χ4n) is 2.50. The van der Waals surface area contributed by atoms with Gasteiger partial charge in [-0.25, -0.2) is 0 Å². The molecule has 0 bridgehead atoms. The Hall–Kier alpha value is -2.56. The summed E-state index contributed by atoms with van der Waals surface area (Å²) in [5.74, 6) is -1.02. The van der Waals surface area contributed by atoms with Crippen LogP contribution in [-0.2, 0) is 14.4 Å². The van der Waals surface area contributed by atoms with Crippen LogP contribution < -0.4 is 16.0 Å². The zero-order chi connectivity index (χ0) is 20.6. The average molecular weight is 383 g/mol. The summed E-state index contributed by atoms with van der Waals surface area (Å²) in [4.78, 5) is 36.3. The second kappa shape index (κ2) is 10.6. The number of aromatic amines is 1. The Kier molecular flexibility index (Phi) is 8.79. The predicted molar refractivity (Wildman–Crippen MR) is 96.0 cm³/mol. The highest BCUT2D eigenvalue weighted by Crippen LogP contribution is 2.18. The standard InChI is InChI=1S/C16H29N7O4/c1-8(2)6-11(18-16(27)12(7-24)17-10(5)25)15(26)19-13(9(3)4)14-20-22-23-21-14/h8-9,11-13,24H,6-7H2,1-5H3,(H,17,25)(H,18,27)(H,19,26)(H,20,21,22,23)/t11-,12-,13-/m0/s1. The lowest BCUT2D eigenvalue weighted by Crippen LogP contribution is -2.55. The predicted octanol–water partition coefficient (Wildman–Crippen LogP) is -0.959. The van der Waals surface area contributed by atoms with E-state index in [0.29, 0.717) is 12.2 Å². The van der Waals surface area contributed by atoms with Gasteiger partial charge in [-0.15, -0.1) is 10.2 Å². The van der Waals surface area contributed by atoms with Crippen molar-refractivity contribution in [3.8, 4) is 0 Å². The summed E-state index contributed by atoms with van der Waals surface area (Å²) in [7, 11) is 0. The van der Waals surface area contributed by atoms with Crippen LogP contribution in [0.5, 0.6) is 0 Å².